The van der Waals surface area contributed by atoms with E-state index in [-0.39, 0.29) is 35.2 Å². The van der Waals surface area contributed by atoms with Crippen molar-refractivity contribution in [3.05, 3.63) is 54.0 Å². The summed E-state index contributed by atoms with van der Waals surface area (Å²) in [7, 11) is 0. The van der Waals surface area contributed by atoms with E-state index in [1.165, 1.54) is 24.5 Å². The van der Waals surface area contributed by atoms with Crippen LogP contribution >= 0.6 is 0 Å². The number of nitrogens with two attached hydrogens (primary N) is 1. The minimum atomic E-state index is -0.352. The van der Waals surface area contributed by atoms with Gasteiger partial charge in [0.1, 0.15) is 5.82 Å². The van der Waals surface area contributed by atoms with Crippen LogP contribution in [0.4, 0.5) is 10.2 Å². The first kappa shape index (κ1) is 18.0. The molecule has 0 aliphatic carbocycles. The van der Waals surface area contributed by atoms with E-state index < -0.39 is 0 Å². The van der Waals surface area contributed by atoms with Gasteiger partial charge in [0.15, 0.2) is 17.3 Å². The van der Waals surface area contributed by atoms with Gasteiger partial charge in [-0.05, 0) is 37.1 Å². The van der Waals surface area contributed by atoms with Gasteiger partial charge in [-0.1, -0.05) is 18.0 Å². The molecule has 1 aromatic carbocycles. The van der Waals surface area contributed by atoms with Crippen LogP contribution in [-0.4, -0.2) is 37.5 Å². The maximum atomic E-state index is 13.1. The van der Waals surface area contributed by atoms with E-state index in [9.17, 15) is 9.18 Å². The monoisotopic (exact) mass is 382 g/mol. The number of amides is 1. The van der Waals surface area contributed by atoms with E-state index >= 15 is 0 Å². The summed E-state index contributed by atoms with van der Waals surface area (Å²) in [6.07, 6.45) is 6.39. The highest BCUT2D eigenvalue weighted by Crippen LogP contribution is 2.31. The van der Waals surface area contributed by atoms with Gasteiger partial charge in [-0.25, -0.2) is 14.4 Å². The summed E-state index contributed by atoms with van der Waals surface area (Å²) < 4.78 is 18.5. The molecule has 8 nitrogen and oxygen atoms in total. The quantitative estimate of drug-likeness (QED) is 0.741. The lowest BCUT2D eigenvalue weighted by molar-refractivity contribution is 0.0665. The summed E-state index contributed by atoms with van der Waals surface area (Å²) in [5.74, 6) is 0.148. The fourth-order valence-corrected chi connectivity index (χ4v) is 3.35. The summed E-state index contributed by atoms with van der Waals surface area (Å²) in [5.41, 5.74) is 6.58. The molecule has 0 saturated carbocycles. The second kappa shape index (κ2) is 7.71. The zero-order valence-corrected chi connectivity index (χ0v) is 15.1. The molecule has 0 bridgehead atoms. The molecule has 1 unspecified atom stereocenters. The molecule has 2 aromatic heterocycles. The van der Waals surface area contributed by atoms with Gasteiger partial charge in [0.05, 0.1) is 6.04 Å². The van der Waals surface area contributed by atoms with E-state index in [1.54, 1.807) is 17.0 Å². The molecule has 1 atom stereocenters. The van der Waals surface area contributed by atoms with Crippen molar-refractivity contribution in [1.29, 1.82) is 0 Å². The first-order valence-corrected chi connectivity index (χ1v) is 9.10. The predicted octanol–water partition coefficient (Wildman–Crippen LogP) is 3.01. The first-order valence-electron chi connectivity index (χ1n) is 9.10. The van der Waals surface area contributed by atoms with Crippen molar-refractivity contribution in [2.24, 2.45) is 0 Å². The van der Waals surface area contributed by atoms with E-state index in [0.29, 0.717) is 24.4 Å². The van der Waals surface area contributed by atoms with Crippen molar-refractivity contribution in [1.82, 2.24) is 25.0 Å². The van der Waals surface area contributed by atoms with Crippen molar-refractivity contribution in [2.75, 3.05) is 12.3 Å². The Balaban J connectivity index is 1.65. The second-order valence-electron chi connectivity index (χ2n) is 6.62. The number of hydrogen-bond donors (Lipinski definition) is 1. The van der Waals surface area contributed by atoms with Crippen molar-refractivity contribution < 1.29 is 13.7 Å². The number of likely N-dealkylation sites (tertiary alicyclic amines) is 1. The fourth-order valence-electron chi connectivity index (χ4n) is 3.35. The van der Waals surface area contributed by atoms with E-state index in [2.05, 4.69) is 20.1 Å². The highest BCUT2D eigenvalue weighted by Gasteiger charge is 2.32. The van der Waals surface area contributed by atoms with Crippen LogP contribution in [0.1, 0.15) is 48.0 Å². The molecule has 1 fully saturated rings. The highest BCUT2D eigenvalue weighted by molar-refractivity contribution is 5.96. The number of rotatable bonds is 3. The van der Waals surface area contributed by atoms with E-state index in [1.807, 2.05) is 0 Å². The Morgan fingerprint density at radius 2 is 1.93 bits per heavy atom. The average Bonchev–Trinajstić information content (AvgIpc) is 3.06. The molecule has 1 amide bonds. The molecular formula is C19H19FN6O2. The Kier molecular flexibility index (Phi) is 4.96. The third-order valence-corrected chi connectivity index (χ3v) is 4.77. The van der Waals surface area contributed by atoms with Crippen LogP contribution in [0.15, 0.2) is 41.2 Å². The molecule has 3 aromatic rings. The Bertz CT molecular complexity index is 975. The molecular weight excluding hydrogens is 363 g/mol. The van der Waals surface area contributed by atoms with Crippen molar-refractivity contribution in [2.45, 2.75) is 31.7 Å². The summed E-state index contributed by atoms with van der Waals surface area (Å²) in [4.78, 5) is 27.3. The summed E-state index contributed by atoms with van der Waals surface area (Å²) in [6.45, 7) is 0.542. The number of benzene rings is 1. The lowest BCUT2D eigenvalue weighted by Gasteiger charge is -2.27. The van der Waals surface area contributed by atoms with Gasteiger partial charge in [0.25, 0.3) is 11.8 Å². The molecule has 3 heterocycles. The van der Waals surface area contributed by atoms with E-state index in [0.717, 1.165) is 19.3 Å². The number of carbonyl (C=O) groups excluding carboxylic acids is 1. The maximum absolute atomic E-state index is 13.1. The second-order valence-corrected chi connectivity index (χ2v) is 6.62. The zero-order valence-electron chi connectivity index (χ0n) is 15.1. The number of hydrogen-bond acceptors (Lipinski definition) is 7. The van der Waals surface area contributed by atoms with Crippen LogP contribution in [0.3, 0.4) is 0 Å². The normalized spacial score (nSPS) is 17.3. The van der Waals surface area contributed by atoms with Gasteiger partial charge in [-0.2, -0.15) is 4.98 Å². The molecule has 0 spiro atoms. The molecule has 28 heavy (non-hydrogen) atoms. The molecule has 1 saturated heterocycles. The highest BCUT2D eigenvalue weighted by atomic mass is 19.1. The topological polar surface area (TPSA) is 111 Å². The molecule has 9 heteroatoms. The van der Waals surface area contributed by atoms with Crippen LogP contribution < -0.4 is 5.73 Å². The standard InChI is InChI=1S/C19H19FN6O2/c20-13-7-5-12(6-8-13)18-24-17(25-28-18)14-4-2-1-3-11-26(14)19(27)15-16(21)23-10-9-22-15/h5-10,14H,1-4,11H2,(H2,21,23). The zero-order chi connectivity index (χ0) is 19.5. The number of nitrogens with zero attached hydrogens (tertiary/aromatic N) is 5. The molecule has 1 aliphatic rings. The number of nitrogen functional groups attached to an aromatic ring is 1. The number of aromatic nitrogens is 4. The van der Waals surface area contributed by atoms with Crippen molar-refractivity contribution in [3.8, 4) is 11.5 Å². The molecule has 144 valence electrons. The van der Waals surface area contributed by atoms with Crippen LogP contribution in [-0.2, 0) is 0 Å². The SMILES string of the molecule is Nc1nccnc1C(=O)N1CCCCCC1c1noc(-c2ccc(F)cc2)n1. The Morgan fingerprint density at radius 3 is 2.71 bits per heavy atom. The molecule has 4 rings (SSSR count). The number of carbonyl (C=O) groups is 1. The average molecular weight is 382 g/mol. The van der Waals surface area contributed by atoms with Crippen molar-refractivity contribution in [3.63, 3.8) is 0 Å². The summed E-state index contributed by atoms with van der Waals surface area (Å²) >= 11 is 0. The summed E-state index contributed by atoms with van der Waals surface area (Å²) in [5, 5.41) is 4.09. The van der Waals surface area contributed by atoms with Gasteiger partial charge in [-0.3, -0.25) is 4.79 Å². The lowest BCUT2D eigenvalue weighted by Crippen LogP contribution is -2.36. The Hall–Kier alpha value is -3.36. The van der Waals surface area contributed by atoms with Gasteiger partial charge in [-0.15, -0.1) is 0 Å². The maximum Gasteiger partial charge on any atom is 0.276 e. The van der Waals surface area contributed by atoms with Crippen molar-refractivity contribution >= 4 is 11.7 Å². The Labute approximate surface area is 160 Å². The summed E-state index contributed by atoms with van der Waals surface area (Å²) in [6, 6.07) is 5.45. The third kappa shape index (κ3) is 3.55. The molecule has 2 N–H and O–H groups in total. The largest absolute Gasteiger partial charge is 0.382 e. The fraction of sp³-hybridized carbons (Fsp3) is 0.316. The van der Waals surface area contributed by atoms with Gasteiger partial charge in [0, 0.05) is 24.5 Å². The van der Waals surface area contributed by atoms with Gasteiger partial charge < -0.3 is 15.2 Å². The van der Waals surface area contributed by atoms with Crippen LogP contribution in [0.5, 0.6) is 0 Å². The van der Waals surface area contributed by atoms with Gasteiger partial charge in [0.2, 0.25) is 0 Å². The number of anilines is 1. The minimum Gasteiger partial charge on any atom is -0.382 e. The predicted molar refractivity (Wildman–Crippen MR) is 98.4 cm³/mol. The lowest BCUT2D eigenvalue weighted by atomic mass is 10.1. The van der Waals surface area contributed by atoms with Crippen LogP contribution in [0.2, 0.25) is 0 Å². The first-order chi connectivity index (χ1) is 13.6. The Morgan fingerprint density at radius 1 is 1.14 bits per heavy atom. The third-order valence-electron chi connectivity index (χ3n) is 4.77. The van der Waals surface area contributed by atoms with Crippen LogP contribution in [0, 0.1) is 5.82 Å². The minimum absolute atomic E-state index is 0.0932. The van der Waals surface area contributed by atoms with Crippen LogP contribution in [0.25, 0.3) is 11.5 Å². The smallest absolute Gasteiger partial charge is 0.276 e. The molecule has 0 radical (unpaired) electrons. The van der Waals surface area contributed by atoms with Gasteiger partial charge >= 0.3 is 0 Å². The molecule has 1 aliphatic heterocycles. The van der Waals surface area contributed by atoms with E-state index in [4.69, 9.17) is 10.3 Å². The number of halogens is 1.